The number of hydrogen-bond donors (Lipinski definition) is 1. The van der Waals surface area contributed by atoms with Crippen molar-refractivity contribution in [3.63, 3.8) is 0 Å². The second-order valence-electron chi connectivity index (χ2n) is 5.53. The van der Waals surface area contributed by atoms with Gasteiger partial charge < -0.3 is 9.84 Å². The predicted octanol–water partition coefficient (Wildman–Crippen LogP) is 1.55. The lowest BCUT2D eigenvalue weighted by Crippen LogP contribution is -2.33. The molecule has 110 valence electrons. The highest BCUT2D eigenvalue weighted by atomic mass is 32.1. The number of hydrogen-bond acceptors (Lipinski definition) is 5. The molecule has 1 aromatic heterocycles. The molecule has 5 nitrogen and oxygen atoms in total. The van der Waals surface area contributed by atoms with Gasteiger partial charge in [0.2, 0.25) is 0 Å². The summed E-state index contributed by atoms with van der Waals surface area (Å²) in [6, 6.07) is 0. The maximum absolute atomic E-state index is 11.1. The van der Waals surface area contributed by atoms with Crippen LogP contribution >= 0.6 is 11.3 Å². The summed E-state index contributed by atoms with van der Waals surface area (Å²) < 4.78 is 5.38. The fraction of sp³-hybridized carbons (Fsp3) is 0.714. The molecule has 1 aromatic rings. The van der Waals surface area contributed by atoms with Gasteiger partial charge in [0.25, 0.3) is 0 Å². The SMILES string of the molecule is O=C(O)C1COCCN(Cc2nc3c(s2)CCCC3)C1. The third-order valence-corrected chi connectivity index (χ3v) is 5.09. The number of rotatable bonds is 3. The number of thiazole rings is 1. The number of carbonyl (C=O) groups is 1. The van der Waals surface area contributed by atoms with Gasteiger partial charge in [-0.1, -0.05) is 0 Å². The van der Waals surface area contributed by atoms with Crippen LogP contribution in [0.25, 0.3) is 0 Å². The van der Waals surface area contributed by atoms with Gasteiger partial charge in [-0.15, -0.1) is 11.3 Å². The third kappa shape index (κ3) is 3.19. The van der Waals surface area contributed by atoms with Gasteiger partial charge in [-0.05, 0) is 25.7 Å². The van der Waals surface area contributed by atoms with Gasteiger partial charge in [-0.2, -0.15) is 0 Å². The summed E-state index contributed by atoms with van der Waals surface area (Å²) in [5.74, 6) is -1.19. The Morgan fingerprint density at radius 2 is 2.30 bits per heavy atom. The molecule has 1 N–H and O–H groups in total. The van der Waals surface area contributed by atoms with Crippen molar-refractivity contribution in [2.24, 2.45) is 5.92 Å². The lowest BCUT2D eigenvalue weighted by molar-refractivity contribution is -0.143. The van der Waals surface area contributed by atoms with E-state index in [4.69, 9.17) is 14.8 Å². The molecular formula is C14H20N2O3S. The van der Waals surface area contributed by atoms with Crippen LogP contribution in [0, 0.1) is 5.92 Å². The van der Waals surface area contributed by atoms with Crippen molar-refractivity contribution in [1.82, 2.24) is 9.88 Å². The molecule has 2 aliphatic rings. The number of nitrogens with zero attached hydrogens (tertiary/aromatic N) is 2. The molecule has 0 spiro atoms. The van der Waals surface area contributed by atoms with Crippen LogP contribution in [-0.4, -0.2) is 47.3 Å². The molecule has 1 atom stereocenters. The predicted molar refractivity (Wildman–Crippen MR) is 76.0 cm³/mol. The van der Waals surface area contributed by atoms with Crippen molar-refractivity contribution in [1.29, 1.82) is 0 Å². The van der Waals surface area contributed by atoms with E-state index in [1.807, 2.05) is 0 Å². The summed E-state index contributed by atoms with van der Waals surface area (Å²) in [7, 11) is 0. The van der Waals surface area contributed by atoms with E-state index in [2.05, 4.69) is 4.90 Å². The van der Waals surface area contributed by atoms with Crippen LogP contribution in [0.2, 0.25) is 0 Å². The molecule has 0 bridgehead atoms. The molecule has 1 unspecified atom stereocenters. The number of aromatic nitrogens is 1. The van der Waals surface area contributed by atoms with E-state index in [0.29, 0.717) is 19.8 Å². The van der Waals surface area contributed by atoms with E-state index in [1.54, 1.807) is 11.3 Å². The van der Waals surface area contributed by atoms with Crippen LogP contribution in [0.1, 0.15) is 28.4 Å². The number of ether oxygens (including phenoxy) is 1. The monoisotopic (exact) mass is 296 g/mol. The lowest BCUT2D eigenvalue weighted by Gasteiger charge is -2.19. The molecular weight excluding hydrogens is 276 g/mol. The smallest absolute Gasteiger partial charge is 0.310 e. The number of carboxylic acids is 1. The van der Waals surface area contributed by atoms with Gasteiger partial charge in [-0.25, -0.2) is 4.98 Å². The molecule has 0 amide bonds. The van der Waals surface area contributed by atoms with Crippen molar-refractivity contribution in [3.05, 3.63) is 15.6 Å². The lowest BCUT2D eigenvalue weighted by atomic mass is 10.0. The third-order valence-electron chi connectivity index (χ3n) is 3.95. The van der Waals surface area contributed by atoms with E-state index in [1.165, 1.54) is 23.4 Å². The van der Waals surface area contributed by atoms with E-state index in [-0.39, 0.29) is 0 Å². The first-order valence-corrected chi connectivity index (χ1v) is 8.04. The molecule has 1 fully saturated rings. The van der Waals surface area contributed by atoms with Crippen molar-refractivity contribution in [3.8, 4) is 0 Å². The summed E-state index contributed by atoms with van der Waals surface area (Å²) >= 11 is 1.80. The zero-order valence-corrected chi connectivity index (χ0v) is 12.3. The first-order valence-electron chi connectivity index (χ1n) is 7.23. The van der Waals surface area contributed by atoms with Crippen molar-refractivity contribution in [2.45, 2.75) is 32.2 Å². The first-order chi connectivity index (χ1) is 9.72. The van der Waals surface area contributed by atoms with Gasteiger partial charge in [0.15, 0.2) is 0 Å². The highest BCUT2D eigenvalue weighted by Crippen LogP contribution is 2.27. The van der Waals surface area contributed by atoms with Crippen LogP contribution in [0.3, 0.4) is 0 Å². The van der Waals surface area contributed by atoms with Crippen LogP contribution in [0.4, 0.5) is 0 Å². The van der Waals surface area contributed by atoms with Crippen molar-refractivity contribution in [2.75, 3.05) is 26.3 Å². The first kappa shape index (κ1) is 14.0. The van der Waals surface area contributed by atoms with Crippen molar-refractivity contribution >= 4 is 17.3 Å². The molecule has 1 aliphatic carbocycles. The van der Waals surface area contributed by atoms with E-state index >= 15 is 0 Å². The summed E-state index contributed by atoms with van der Waals surface area (Å²) in [5, 5.41) is 10.3. The van der Waals surface area contributed by atoms with Gasteiger partial charge in [0, 0.05) is 18.0 Å². The fourth-order valence-corrected chi connectivity index (χ4v) is 4.03. The summed E-state index contributed by atoms with van der Waals surface area (Å²) in [5.41, 5.74) is 1.28. The number of carboxylic acid groups (broad SMARTS) is 1. The fourth-order valence-electron chi connectivity index (χ4n) is 2.83. The molecule has 1 aliphatic heterocycles. The van der Waals surface area contributed by atoms with Gasteiger partial charge >= 0.3 is 5.97 Å². The topological polar surface area (TPSA) is 62.7 Å². The quantitative estimate of drug-likeness (QED) is 0.917. The van der Waals surface area contributed by atoms with Crippen LogP contribution in [0.5, 0.6) is 0 Å². The maximum atomic E-state index is 11.1. The molecule has 20 heavy (non-hydrogen) atoms. The largest absolute Gasteiger partial charge is 0.481 e. The molecule has 0 saturated carbocycles. The second-order valence-corrected chi connectivity index (χ2v) is 6.70. The average molecular weight is 296 g/mol. The minimum atomic E-state index is -0.768. The molecule has 6 heteroatoms. The van der Waals surface area contributed by atoms with Crippen LogP contribution in [0.15, 0.2) is 0 Å². The summed E-state index contributed by atoms with van der Waals surface area (Å²) in [6.45, 7) is 3.02. The van der Waals surface area contributed by atoms with Crippen LogP contribution in [-0.2, 0) is 28.9 Å². The minimum absolute atomic E-state index is 0.320. The Labute approximate surface area is 122 Å². The van der Waals surface area contributed by atoms with E-state index in [9.17, 15) is 4.79 Å². The summed E-state index contributed by atoms with van der Waals surface area (Å²) in [6.07, 6.45) is 4.78. The second kappa shape index (κ2) is 6.20. The summed E-state index contributed by atoms with van der Waals surface area (Å²) in [4.78, 5) is 19.5. The maximum Gasteiger partial charge on any atom is 0.310 e. The Kier molecular flexibility index (Phi) is 4.33. The standard InChI is InChI=1S/C14H20N2O3S/c17-14(18)10-7-16(5-6-19-9-10)8-13-15-11-3-1-2-4-12(11)20-13/h10H,1-9H2,(H,17,18). The minimum Gasteiger partial charge on any atom is -0.481 e. The zero-order chi connectivity index (χ0) is 13.9. The Hall–Kier alpha value is -0.980. The molecule has 2 heterocycles. The number of aliphatic carboxylic acids is 1. The van der Waals surface area contributed by atoms with E-state index < -0.39 is 11.9 Å². The van der Waals surface area contributed by atoms with Gasteiger partial charge in [0.1, 0.15) is 5.01 Å². The highest BCUT2D eigenvalue weighted by Gasteiger charge is 2.25. The Balaban J connectivity index is 1.66. The Morgan fingerprint density at radius 3 is 3.10 bits per heavy atom. The number of fused-ring (bicyclic) bond motifs is 1. The Bertz CT molecular complexity index is 465. The average Bonchev–Trinajstić information content (AvgIpc) is 2.68. The molecule has 0 radical (unpaired) electrons. The molecule has 3 rings (SSSR count). The molecule has 1 saturated heterocycles. The van der Waals surface area contributed by atoms with E-state index in [0.717, 1.165) is 30.9 Å². The Morgan fingerprint density at radius 1 is 1.45 bits per heavy atom. The number of aryl methyl sites for hydroxylation is 2. The highest BCUT2D eigenvalue weighted by molar-refractivity contribution is 7.11. The normalized spacial score (nSPS) is 24.1. The molecule has 0 aromatic carbocycles. The van der Waals surface area contributed by atoms with Crippen molar-refractivity contribution < 1.29 is 14.6 Å². The van der Waals surface area contributed by atoms with Gasteiger partial charge in [-0.3, -0.25) is 9.69 Å². The van der Waals surface area contributed by atoms with Gasteiger partial charge in [0.05, 0.1) is 31.4 Å². The van der Waals surface area contributed by atoms with Crippen LogP contribution < -0.4 is 0 Å². The zero-order valence-electron chi connectivity index (χ0n) is 11.5.